The number of unbranched alkanes of at least 4 members (excludes halogenated alkanes) is 11. The minimum atomic E-state index is -1.61. The van der Waals surface area contributed by atoms with E-state index in [2.05, 4.69) is 12.2 Å². The van der Waals surface area contributed by atoms with Crippen molar-refractivity contribution >= 4 is 11.9 Å². The Morgan fingerprint density at radius 2 is 1.47 bits per heavy atom. The summed E-state index contributed by atoms with van der Waals surface area (Å²) in [5, 5.41) is 30.8. The highest BCUT2D eigenvalue weighted by atomic mass is 16.5. The van der Waals surface area contributed by atoms with Crippen molar-refractivity contribution in [2.45, 2.75) is 122 Å². The summed E-state index contributed by atoms with van der Waals surface area (Å²) in [6.45, 7) is 4.72. The van der Waals surface area contributed by atoms with E-state index in [-0.39, 0.29) is 12.5 Å². The number of amides is 1. The van der Waals surface area contributed by atoms with Gasteiger partial charge >= 0.3 is 5.97 Å². The van der Waals surface area contributed by atoms with Gasteiger partial charge in [-0.1, -0.05) is 97.1 Å². The molecule has 0 radical (unpaired) electrons. The standard InChI is InChI=1S/C26H50N2O6/c1-4-5-6-7-8-9-10-11-12-13-14-15-16-17-22(30)21(27)19-34-26(33)24(20(2)3)28-25(32)23(31)18-29/h16-17,20-24,29-31H,4-15,18-19,27H2,1-3H3,(H,28,32)/b17-16+. The zero-order valence-electron chi connectivity index (χ0n) is 21.6. The molecular weight excluding hydrogens is 436 g/mol. The normalized spacial score (nSPS) is 15.3. The third kappa shape index (κ3) is 16.2. The van der Waals surface area contributed by atoms with Gasteiger partial charge in [-0.25, -0.2) is 4.79 Å². The van der Waals surface area contributed by atoms with Crippen LogP contribution in [-0.2, 0) is 14.3 Å². The minimum Gasteiger partial charge on any atom is -0.462 e. The third-order valence-corrected chi connectivity index (χ3v) is 5.86. The van der Waals surface area contributed by atoms with Gasteiger partial charge in [0.25, 0.3) is 5.91 Å². The minimum absolute atomic E-state index is 0.204. The van der Waals surface area contributed by atoms with Crippen molar-refractivity contribution in [3.8, 4) is 0 Å². The second-order valence-electron chi connectivity index (χ2n) is 9.47. The Hall–Kier alpha value is -1.48. The summed E-state index contributed by atoms with van der Waals surface area (Å²) in [5.41, 5.74) is 5.92. The topological polar surface area (TPSA) is 142 Å². The van der Waals surface area contributed by atoms with Crippen LogP contribution in [0.2, 0.25) is 0 Å². The second kappa shape index (κ2) is 20.9. The van der Waals surface area contributed by atoms with Crippen LogP contribution in [0.25, 0.3) is 0 Å². The van der Waals surface area contributed by atoms with Gasteiger partial charge in [0, 0.05) is 0 Å². The summed E-state index contributed by atoms with van der Waals surface area (Å²) in [7, 11) is 0. The van der Waals surface area contributed by atoms with Crippen LogP contribution in [-0.4, -0.2) is 64.7 Å². The van der Waals surface area contributed by atoms with Crippen LogP contribution in [0, 0.1) is 5.92 Å². The number of allylic oxidation sites excluding steroid dienone is 1. The van der Waals surface area contributed by atoms with Crippen LogP contribution in [0.5, 0.6) is 0 Å². The molecule has 1 amide bonds. The van der Waals surface area contributed by atoms with Crippen molar-refractivity contribution in [3.05, 3.63) is 12.2 Å². The van der Waals surface area contributed by atoms with Crippen LogP contribution in [0.3, 0.4) is 0 Å². The molecule has 0 bridgehead atoms. The number of hydrogen-bond donors (Lipinski definition) is 5. The number of hydrogen-bond acceptors (Lipinski definition) is 7. The molecule has 0 aliphatic carbocycles. The number of nitrogens with one attached hydrogen (secondary N) is 1. The highest BCUT2D eigenvalue weighted by Crippen LogP contribution is 2.12. The van der Waals surface area contributed by atoms with E-state index >= 15 is 0 Å². The summed E-state index contributed by atoms with van der Waals surface area (Å²) in [4.78, 5) is 24.0. The fourth-order valence-corrected chi connectivity index (χ4v) is 3.50. The Labute approximate surface area is 206 Å². The molecule has 8 heteroatoms. The van der Waals surface area contributed by atoms with E-state index in [9.17, 15) is 19.8 Å². The molecule has 8 nitrogen and oxygen atoms in total. The van der Waals surface area contributed by atoms with E-state index in [0.717, 1.165) is 12.8 Å². The van der Waals surface area contributed by atoms with Crippen LogP contribution in [0.4, 0.5) is 0 Å². The summed E-state index contributed by atoms with van der Waals surface area (Å²) in [5.74, 6) is -1.86. The quantitative estimate of drug-likeness (QED) is 0.0953. The van der Waals surface area contributed by atoms with Gasteiger partial charge in [-0.3, -0.25) is 4.79 Å². The molecule has 0 aliphatic rings. The predicted octanol–water partition coefficient (Wildman–Crippen LogP) is 2.97. The van der Waals surface area contributed by atoms with E-state index < -0.39 is 42.8 Å². The molecule has 6 N–H and O–H groups in total. The van der Waals surface area contributed by atoms with Gasteiger partial charge in [-0.05, 0) is 18.8 Å². The first-order valence-corrected chi connectivity index (χ1v) is 13.1. The van der Waals surface area contributed by atoms with Gasteiger partial charge in [-0.2, -0.15) is 0 Å². The molecule has 0 heterocycles. The molecule has 0 aromatic heterocycles. The molecular formula is C26H50N2O6. The molecule has 4 atom stereocenters. The zero-order valence-corrected chi connectivity index (χ0v) is 21.6. The van der Waals surface area contributed by atoms with Crippen molar-refractivity contribution in [2.75, 3.05) is 13.2 Å². The summed E-state index contributed by atoms with van der Waals surface area (Å²) in [6, 6.07) is -1.78. The summed E-state index contributed by atoms with van der Waals surface area (Å²) >= 11 is 0. The highest BCUT2D eigenvalue weighted by Gasteiger charge is 2.28. The summed E-state index contributed by atoms with van der Waals surface area (Å²) < 4.78 is 5.16. The monoisotopic (exact) mass is 486 g/mol. The molecule has 34 heavy (non-hydrogen) atoms. The SMILES string of the molecule is CCCCCCCCCCCCC/C=C/C(O)C(N)COC(=O)C(NC(=O)C(O)CO)C(C)C. The Bertz CT molecular complexity index is 555. The largest absolute Gasteiger partial charge is 0.462 e. The molecule has 0 fully saturated rings. The molecule has 0 aromatic rings. The molecule has 0 aliphatic heterocycles. The molecule has 0 saturated carbocycles. The molecule has 0 rings (SSSR count). The average Bonchev–Trinajstić information content (AvgIpc) is 2.82. The lowest BCUT2D eigenvalue weighted by Crippen LogP contribution is -2.50. The molecule has 0 saturated heterocycles. The third-order valence-electron chi connectivity index (χ3n) is 5.86. The number of rotatable bonds is 21. The van der Waals surface area contributed by atoms with Gasteiger partial charge in [0.05, 0.1) is 18.8 Å². The van der Waals surface area contributed by atoms with Gasteiger partial charge in [0.15, 0.2) is 6.10 Å². The van der Waals surface area contributed by atoms with Crippen LogP contribution >= 0.6 is 0 Å². The molecule has 0 spiro atoms. The lowest BCUT2D eigenvalue weighted by atomic mass is 10.0. The lowest BCUT2D eigenvalue weighted by Gasteiger charge is -2.23. The van der Waals surface area contributed by atoms with E-state index in [4.69, 9.17) is 15.6 Å². The second-order valence-corrected chi connectivity index (χ2v) is 9.47. The maximum absolute atomic E-state index is 12.3. The lowest BCUT2D eigenvalue weighted by molar-refractivity contribution is -0.151. The van der Waals surface area contributed by atoms with Crippen LogP contribution in [0.15, 0.2) is 12.2 Å². The van der Waals surface area contributed by atoms with E-state index in [0.29, 0.717) is 0 Å². The number of nitrogens with two attached hydrogens (primary N) is 1. The Kier molecular flexibility index (Phi) is 19.9. The first-order valence-electron chi connectivity index (χ1n) is 13.1. The van der Waals surface area contributed by atoms with Crippen molar-refractivity contribution < 1.29 is 29.6 Å². The van der Waals surface area contributed by atoms with Gasteiger partial charge < -0.3 is 31.1 Å². The first kappa shape index (κ1) is 32.5. The van der Waals surface area contributed by atoms with Gasteiger partial charge in [-0.15, -0.1) is 0 Å². The maximum Gasteiger partial charge on any atom is 0.328 e. The molecule has 4 unspecified atom stereocenters. The highest BCUT2D eigenvalue weighted by molar-refractivity contribution is 5.87. The van der Waals surface area contributed by atoms with Crippen molar-refractivity contribution in [3.63, 3.8) is 0 Å². The average molecular weight is 487 g/mol. The van der Waals surface area contributed by atoms with E-state index in [1.165, 1.54) is 64.2 Å². The number of carbonyl (C=O) groups excluding carboxylic acids is 2. The maximum atomic E-state index is 12.3. The van der Waals surface area contributed by atoms with Crippen LogP contribution in [0.1, 0.15) is 97.8 Å². The van der Waals surface area contributed by atoms with Gasteiger partial charge in [0.1, 0.15) is 12.6 Å². The fraction of sp³-hybridized carbons (Fsp3) is 0.846. The molecule has 200 valence electrons. The van der Waals surface area contributed by atoms with Crippen molar-refractivity contribution in [1.29, 1.82) is 0 Å². The summed E-state index contributed by atoms with van der Waals surface area (Å²) in [6.07, 6.45) is 16.0. The zero-order chi connectivity index (χ0) is 25.8. The van der Waals surface area contributed by atoms with Crippen molar-refractivity contribution in [2.24, 2.45) is 11.7 Å². The fourth-order valence-electron chi connectivity index (χ4n) is 3.50. The van der Waals surface area contributed by atoms with E-state index in [1.54, 1.807) is 19.9 Å². The van der Waals surface area contributed by atoms with Crippen LogP contribution < -0.4 is 11.1 Å². The first-order chi connectivity index (χ1) is 16.2. The van der Waals surface area contributed by atoms with Crippen molar-refractivity contribution in [1.82, 2.24) is 5.32 Å². The predicted molar refractivity (Wildman–Crippen MR) is 135 cm³/mol. The number of aliphatic hydroxyl groups is 3. The number of carbonyl (C=O) groups is 2. The Morgan fingerprint density at radius 3 is 1.97 bits per heavy atom. The number of aliphatic hydroxyl groups excluding tert-OH is 3. The Balaban J connectivity index is 4.03. The Morgan fingerprint density at radius 1 is 0.941 bits per heavy atom. The number of esters is 1. The molecule has 0 aromatic carbocycles. The number of ether oxygens (including phenoxy) is 1. The van der Waals surface area contributed by atoms with E-state index in [1.807, 2.05) is 6.08 Å². The van der Waals surface area contributed by atoms with Gasteiger partial charge in [0.2, 0.25) is 0 Å². The smallest absolute Gasteiger partial charge is 0.328 e.